The Labute approximate surface area is 148 Å². The molecule has 0 bridgehead atoms. The highest BCUT2D eigenvalue weighted by Gasteiger charge is 2.29. The van der Waals surface area contributed by atoms with Gasteiger partial charge in [-0.1, -0.05) is 25.9 Å². The number of carbonyl (C=O) groups excluding carboxylic acids is 1. The summed E-state index contributed by atoms with van der Waals surface area (Å²) in [5.41, 5.74) is 2.86. The minimum Gasteiger partial charge on any atom is -0.351 e. The standard InChI is InChI=1S/C17H24N4O2.ClH/c1-4-18-7-8-19-16(22)12-9-13(11-5-6-11)20-17-14(12)15(10(2)3)21-23-17;/h9-11,18H,4-8H2,1-3H3,(H,19,22);1H. The third-order valence-electron chi connectivity index (χ3n) is 4.12. The van der Waals surface area contributed by atoms with Crippen LogP contribution >= 0.6 is 12.4 Å². The second kappa shape index (κ2) is 7.94. The normalized spacial score (nSPS) is 14.0. The fourth-order valence-electron chi connectivity index (χ4n) is 2.69. The molecule has 3 rings (SSSR count). The SMILES string of the molecule is CCNCCNC(=O)c1cc(C2CC2)nc2onc(C(C)C)c12.Cl. The Hall–Kier alpha value is -1.66. The Morgan fingerprint density at radius 1 is 1.38 bits per heavy atom. The van der Waals surface area contributed by atoms with E-state index in [2.05, 4.69) is 20.8 Å². The third kappa shape index (κ3) is 3.87. The second-order valence-corrected chi connectivity index (χ2v) is 6.38. The molecule has 2 aromatic heterocycles. The Morgan fingerprint density at radius 3 is 2.75 bits per heavy atom. The van der Waals surface area contributed by atoms with Crippen LogP contribution in [-0.2, 0) is 0 Å². The van der Waals surface area contributed by atoms with Gasteiger partial charge in [-0.2, -0.15) is 0 Å². The van der Waals surface area contributed by atoms with Crippen LogP contribution in [0, 0.1) is 0 Å². The Morgan fingerprint density at radius 2 is 2.12 bits per heavy atom. The molecule has 0 spiro atoms. The van der Waals surface area contributed by atoms with E-state index in [4.69, 9.17) is 4.52 Å². The van der Waals surface area contributed by atoms with Crippen molar-refractivity contribution in [3.05, 3.63) is 23.0 Å². The molecule has 1 amide bonds. The summed E-state index contributed by atoms with van der Waals surface area (Å²) in [4.78, 5) is 17.2. The molecule has 2 N–H and O–H groups in total. The van der Waals surface area contributed by atoms with Crippen LogP contribution in [-0.4, -0.2) is 35.7 Å². The van der Waals surface area contributed by atoms with Gasteiger partial charge in [0.15, 0.2) is 0 Å². The van der Waals surface area contributed by atoms with Gasteiger partial charge in [-0.25, -0.2) is 4.98 Å². The molecular formula is C17H25ClN4O2. The number of hydrogen-bond acceptors (Lipinski definition) is 5. The van der Waals surface area contributed by atoms with E-state index < -0.39 is 0 Å². The molecule has 0 aliphatic heterocycles. The molecule has 2 aromatic rings. The lowest BCUT2D eigenvalue weighted by atomic mass is 10.0. The first-order valence-electron chi connectivity index (χ1n) is 8.41. The van der Waals surface area contributed by atoms with E-state index in [9.17, 15) is 4.79 Å². The van der Waals surface area contributed by atoms with Crippen LogP contribution in [0.5, 0.6) is 0 Å². The van der Waals surface area contributed by atoms with Gasteiger partial charge in [-0.3, -0.25) is 4.79 Å². The number of fused-ring (bicyclic) bond motifs is 1. The molecule has 1 aliphatic rings. The highest BCUT2D eigenvalue weighted by molar-refractivity contribution is 6.06. The number of pyridine rings is 1. The average molecular weight is 353 g/mol. The summed E-state index contributed by atoms with van der Waals surface area (Å²) in [6, 6.07) is 1.92. The van der Waals surface area contributed by atoms with Crippen LogP contribution in [0.3, 0.4) is 0 Å². The van der Waals surface area contributed by atoms with Crippen molar-refractivity contribution in [1.82, 2.24) is 20.8 Å². The summed E-state index contributed by atoms with van der Waals surface area (Å²) in [6.07, 6.45) is 2.26. The van der Waals surface area contributed by atoms with Gasteiger partial charge in [0.25, 0.3) is 11.6 Å². The van der Waals surface area contributed by atoms with Crippen molar-refractivity contribution in [1.29, 1.82) is 0 Å². The average Bonchev–Trinajstić information content (AvgIpc) is 3.29. The lowest BCUT2D eigenvalue weighted by Crippen LogP contribution is -2.32. The molecular weight excluding hydrogens is 328 g/mol. The molecule has 1 fully saturated rings. The molecule has 2 heterocycles. The van der Waals surface area contributed by atoms with Gasteiger partial charge < -0.3 is 15.2 Å². The maximum absolute atomic E-state index is 12.7. The first kappa shape index (κ1) is 18.7. The number of rotatable bonds is 7. The molecule has 132 valence electrons. The molecule has 0 unspecified atom stereocenters. The molecule has 0 atom stereocenters. The first-order valence-corrected chi connectivity index (χ1v) is 8.41. The minimum atomic E-state index is -0.0812. The minimum absolute atomic E-state index is 0. The number of hydrogen-bond donors (Lipinski definition) is 2. The van der Waals surface area contributed by atoms with E-state index in [0.717, 1.165) is 42.7 Å². The number of halogens is 1. The van der Waals surface area contributed by atoms with Crippen LogP contribution in [0.2, 0.25) is 0 Å². The van der Waals surface area contributed by atoms with E-state index in [1.54, 1.807) is 0 Å². The van der Waals surface area contributed by atoms with Crippen molar-refractivity contribution in [2.45, 2.75) is 45.4 Å². The molecule has 7 heteroatoms. The van der Waals surface area contributed by atoms with E-state index in [0.29, 0.717) is 23.7 Å². The largest absolute Gasteiger partial charge is 0.351 e. The van der Waals surface area contributed by atoms with Gasteiger partial charge in [0.05, 0.1) is 16.6 Å². The van der Waals surface area contributed by atoms with Crippen molar-refractivity contribution in [3.8, 4) is 0 Å². The summed E-state index contributed by atoms with van der Waals surface area (Å²) in [5.74, 6) is 0.556. The zero-order valence-corrected chi connectivity index (χ0v) is 15.2. The molecule has 1 saturated carbocycles. The maximum atomic E-state index is 12.7. The second-order valence-electron chi connectivity index (χ2n) is 6.38. The van der Waals surface area contributed by atoms with Crippen LogP contribution in [0.25, 0.3) is 11.1 Å². The van der Waals surface area contributed by atoms with Crippen molar-refractivity contribution in [3.63, 3.8) is 0 Å². The molecule has 0 radical (unpaired) electrons. The van der Waals surface area contributed by atoms with Crippen molar-refractivity contribution in [2.24, 2.45) is 0 Å². The first-order chi connectivity index (χ1) is 11.1. The molecule has 6 nitrogen and oxygen atoms in total. The predicted molar refractivity (Wildman–Crippen MR) is 96.0 cm³/mol. The number of nitrogens with one attached hydrogen (secondary N) is 2. The lowest BCUT2D eigenvalue weighted by Gasteiger charge is -2.09. The smallest absolute Gasteiger partial charge is 0.259 e. The van der Waals surface area contributed by atoms with Gasteiger partial charge in [0.2, 0.25) is 0 Å². The van der Waals surface area contributed by atoms with Crippen LogP contribution in [0.1, 0.15) is 67.2 Å². The lowest BCUT2D eigenvalue weighted by molar-refractivity contribution is 0.0955. The van der Waals surface area contributed by atoms with Crippen LogP contribution in [0.4, 0.5) is 0 Å². The monoisotopic (exact) mass is 352 g/mol. The number of likely N-dealkylation sites (N-methyl/N-ethyl adjacent to an activating group) is 1. The van der Waals surface area contributed by atoms with E-state index in [1.165, 1.54) is 0 Å². The van der Waals surface area contributed by atoms with E-state index in [1.807, 2.05) is 26.8 Å². The van der Waals surface area contributed by atoms with Crippen molar-refractivity contribution < 1.29 is 9.32 Å². The summed E-state index contributed by atoms with van der Waals surface area (Å²) in [7, 11) is 0. The Balaban J connectivity index is 0.00000208. The van der Waals surface area contributed by atoms with Crippen LogP contribution < -0.4 is 10.6 Å². The number of nitrogens with zero attached hydrogens (tertiary/aromatic N) is 2. The van der Waals surface area contributed by atoms with Gasteiger partial charge in [-0.15, -0.1) is 12.4 Å². The summed E-state index contributed by atoms with van der Waals surface area (Å²) < 4.78 is 5.41. The van der Waals surface area contributed by atoms with Gasteiger partial charge in [0, 0.05) is 24.7 Å². The molecule has 1 aliphatic carbocycles. The molecule has 0 aromatic carbocycles. The Kier molecular flexibility index (Phi) is 6.18. The topological polar surface area (TPSA) is 80.0 Å². The van der Waals surface area contributed by atoms with Gasteiger partial charge in [-0.05, 0) is 31.4 Å². The van der Waals surface area contributed by atoms with Gasteiger partial charge >= 0.3 is 0 Å². The molecule has 24 heavy (non-hydrogen) atoms. The highest BCUT2D eigenvalue weighted by atomic mass is 35.5. The summed E-state index contributed by atoms with van der Waals surface area (Å²) in [6.45, 7) is 8.37. The van der Waals surface area contributed by atoms with Crippen molar-refractivity contribution >= 4 is 29.4 Å². The van der Waals surface area contributed by atoms with E-state index >= 15 is 0 Å². The zero-order chi connectivity index (χ0) is 16.4. The molecule has 0 saturated heterocycles. The highest BCUT2D eigenvalue weighted by Crippen LogP contribution is 2.40. The maximum Gasteiger partial charge on any atom is 0.259 e. The fourth-order valence-corrected chi connectivity index (χ4v) is 2.69. The van der Waals surface area contributed by atoms with Gasteiger partial charge in [0.1, 0.15) is 0 Å². The predicted octanol–water partition coefficient (Wildman–Crippen LogP) is 2.98. The number of amides is 1. The number of aromatic nitrogens is 2. The summed E-state index contributed by atoms with van der Waals surface area (Å²) in [5, 5.41) is 11.1. The van der Waals surface area contributed by atoms with Crippen molar-refractivity contribution in [2.75, 3.05) is 19.6 Å². The third-order valence-corrected chi connectivity index (χ3v) is 4.12. The van der Waals surface area contributed by atoms with Crippen LogP contribution in [0.15, 0.2) is 10.6 Å². The Bertz CT molecular complexity index is 710. The zero-order valence-electron chi connectivity index (χ0n) is 14.4. The fraction of sp³-hybridized carbons (Fsp3) is 0.588. The summed E-state index contributed by atoms with van der Waals surface area (Å²) >= 11 is 0. The van der Waals surface area contributed by atoms with E-state index in [-0.39, 0.29) is 24.2 Å². The quantitative estimate of drug-likeness (QED) is 0.749. The number of carbonyl (C=O) groups is 1.